The molecule has 0 fully saturated rings. The molecule has 4 nitrogen and oxygen atoms in total. The third-order valence-corrected chi connectivity index (χ3v) is 2.57. The van der Waals surface area contributed by atoms with E-state index < -0.39 is 0 Å². The van der Waals surface area contributed by atoms with Crippen LogP contribution in [-0.4, -0.2) is 21.6 Å². The van der Waals surface area contributed by atoms with Crippen LogP contribution in [0.4, 0.5) is 16.0 Å². The Labute approximate surface area is 105 Å². The topological polar surface area (TPSA) is 49.2 Å². The van der Waals surface area contributed by atoms with Gasteiger partial charge in [0.15, 0.2) is 0 Å². The van der Waals surface area contributed by atoms with E-state index in [-0.39, 0.29) is 12.4 Å². The molecule has 0 amide bonds. The smallest absolute Gasteiger partial charge is 0.229 e. The van der Waals surface area contributed by atoms with Crippen molar-refractivity contribution in [1.82, 2.24) is 9.97 Å². The van der Waals surface area contributed by atoms with Gasteiger partial charge in [0.1, 0.15) is 5.82 Å². The van der Waals surface area contributed by atoms with Gasteiger partial charge in [0.05, 0.1) is 6.61 Å². The highest BCUT2D eigenvalue weighted by atomic mass is 19.1. The van der Waals surface area contributed by atoms with Crippen LogP contribution in [0.2, 0.25) is 0 Å². The van der Waals surface area contributed by atoms with E-state index >= 15 is 0 Å². The van der Waals surface area contributed by atoms with Crippen LogP contribution in [0.25, 0.3) is 0 Å². The summed E-state index contributed by atoms with van der Waals surface area (Å²) in [5.74, 6) is 0.257. The minimum Gasteiger partial charge on any atom is -0.392 e. The number of benzene rings is 1. The largest absolute Gasteiger partial charge is 0.392 e. The molecule has 0 bridgehead atoms. The number of anilines is 2. The summed E-state index contributed by atoms with van der Waals surface area (Å²) < 4.78 is 12.9. The summed E-state index contributed by atoms with van der Waals surface area (Å²) in [5, 5.41) is 8.94. The van der Waals surface area contributed by atoms with Gasteiger partial charge in [-0.25, -0.2) is 14.4 Å². The molecule has 0 aliphatic rings. The fraction of sp³-hybridized carbons (Fsp3) is 0.231. The van der Waals surface area contributed by atoms with Crippen LogP contribution >= 0.6 is 0 Å². The van der Waals surface area contributed by atoms with Crippen LogP contribution < -0.4 is 4.90 Å². The Balaban J connectivity index is 2.29. The van der Waals surface area contributed by atoms with Crippen molar-refractivity contribution in [3.05, 3.63) is 48.0 Å². The van der Waals surface area contributed by atoms with Crippen LogP contribution in [0.3, 0.4) is 0 Å². The molecular weight excluding hydrogens is 233 g/mol. The second-order valence-corrected chi connectivity index (χ2v) is 3.77. The molecule has 2 rings (SSSR count). The minimum absolute atomic E-state index is 0.0804. The van der Waals surface area contributed by atoms with Crippen molar-refractivity contribution in [3.8, 4) is 0 Å². The Morgan fingerprint density at radius 1 is 1.17 bits per heavy atom. The molecule has 1 aromatic heterocycles. The Morgan fingerprint density at radius 3 is 2.28 bits per heavy atom. The van der Waals surface area contributed by atoms with Crippen molar-refractivity contribution in [3.63, 3.8) is 0 Å². The maximum Gasteiger partial charge on any atom is 0.229 e. The number of halogens is 1. The van der Waals surface area contributed by atoms with Crippen LogP contribution in [-0.2, 0) is 6.61 Å². The Morgan fingerprint density at radius 2 is 1.78 bits per heavy atom. The lowest BCUT2D eigenvalue weighted by Gasteiger charge is -2.20. The summed E-state index contributed by atoms with van der Waals surface area (Å²) in [5.41, 5.74) is 1.49. The molecule has 0 spiro atoms. The predicted molar refractivity (Wildman–Crippen MR) is 67.0 cm³/mol. The van der Waals surface area contributed by atoms with Gasteiger partial charge < -0.3 is 10.0 Å². The zero-order valence-corrected chi connectivity index (χ0v) is 10.0. The Hall–Kier alpha value is -2.01. The van der Waals surface area contributed by atoms with E-state index in [2.05, 4.69) is 9.97 Å². The van der Waals surface area contributed by atoms with Gasteiger partial charge in [-0.3, -0.25) is 0 Å². The quantitative estimate of drug-likeness (QED) is 0.900. The summed E-state index contributed by atoms with van der Waals surface area (Å²) in [6, 6.07) is 6.17. The number of hydrogen-bond donors (Lipinski definition) is 1. The Bertz CT molecular complexity index is 499. The fourth-order valence-corrected chi connectivity index (χ4v) is 1.63. The van der Waals surface area contributed by atoms with E-state index in [0.717, 1.165) is 5.69 Å². The average molecular weight is 247 g/mol. The zero-order valence-electron chi connectivity index (χ0n) is 10.0. The summed E-state index contributed by atoms with van der Waals surface area (Å²) in [4.78, 5) is 10.2. The van der Waals surface area contributed by atoms with Gasteiger partial charge in [0, 0.05) is 30.2 Å². The molecule has 0 unspecified atom stereocenters. The molecule has 0 aliphatic heterocycles. The lowest BCUT2D eigenvalue weighted by Crippen LogP contribution is -2.18. The number of aromatic nitrogens is 2. The van der Waals surface area contributed by atoms with Crippen molar-refractivity contribution in [1.29, 1.82) is 0 Å². The molecule has 0 aliphatic carbocycles. The second-order valence-electron chi connectivity index (χ2n) is 3.77. The molecule has 5 heteroatoms. The summed E-state index contributed by atoms with van der Waals surface area (Å²) in [6.45, 7) is 2.56. The first-order valence-corrected chi connectivity index (χ1v) is 5.69. The molecule has 18 heavy (non-hydrogen) atoms. The molecule has 0 saturated carbocycles. The Kier molecular flexibility index (Phi) is 3.84. The SMILES string of the molecule is CCN(c1ccc(F)cc1)c1ncc(CO)cn1. The highest BCUT2D eigenvalue weighted by Crippen LogP contribution is 2.21. The summed E-state index contributed by atoms with van der Waals surface area (Å²) in [6.07, 6.45) is 3.16. The molecular formula is C13H14FN3O. The van der Waals surface area contributed by atoms with Gasteiger partial charge in [-0.2, -0.15) is 0 Å². The first kappa shape index (κ1) is 12.4. The van der Waals surface area contributed by atoms with Gasteiger partial charge in [0.25, 0.3) is 0 Å². The highest BCUT2D eigenvalue weighted by molar-refractivity contribution is 5.56. The molecule has 2 aromatic rings. The number of aliphatic hydroxyl groups is 1. The van der Waals surface area contributed by atoms with E-state index in [1.807, 2.05) is 11.8 Å². The van der Waals surface area contributed by atoms with Gasteiger partial charge in [-0.15, -0.1) is 0 Å². The molecule has 1 N–H and O–H groups in total. The highest BCUT2D eigenvalue weighted by Gasteiger charge is 2.09. The van der Waals surface area contributed by atoms with Crippen molar-refractivity contribution in [2.45, 2.75) is 13.5 Å². The van der Waals surface area contributed by atoms with Crippen molar-refractivity contribution in [2.75, 3.05) is 11.4 Å². The number of aliphatic hydroxyl groups excluding tert-OH is 1. The number of rotatable bonds is 4. The van der Waals surface area contributed by atoms with Crippen molar-refractivity contribution < 1.29 is 9.50 Å². The van der Waals surface area contributed by atoms with E-state index in [4.69, 9.17) is 5.11 Å². The third kappa shape index (κ3) is 2.62. The van der Waals surface area contributed by atoms with E-state index in [1.54, 1.807) is 24.5 Å². The van der Waals surface area contributed by atoms with E-state index in [0.29, 0.717) is 18.1 Å². The first-order valence-electron chi connectivity index (χ1n) is 5.69. The molecule has 1 aromatic carbocycles. The van der Waals surface area contributed by atoms with Gasteiger partial charge in [-0.1, -0.05) is 0 Å². The first-order chi connectivity index (χ1) is 8.74. The molecule has 1 heterocycles. The van der Waals surface area contributed by atoms with Gasteiger partial charge >= 0.3 is 0 Å². The minimum atomic E-state index is -0.272. The predicted octanol–water partition coefficient (Wildman–Crippen LogP) is 2.27. The van der Waals surface area contributed by atoms with Crippen LogP contribution in [0.15, 0.2) is 36.7 Å². The van der Waals surface area contributed by atoms with Crippen molar-refractivity contribution >= 4 is 11.6 Å². The lowest BCUT2D eigenvalue weighted by atomic mass is 10.3. The van der Waals surface area contributed by atoms with Gasteiger partial charge in [-0.05, 0) is 31.2 Å². The lowest BCUT2D eigenvalue weighted by molar-refractivity contribution is 0.281. The number of nitrogens with zero attached hydrogens (tertiary/aromatic N) is 3. The van der Waals surface area contributed by atoms with Crippen LogP contribution in [0.1, 0.15) is 12.5 Å². The molecule has 0 atom stereocenters. The fourth-order valence-electron chi connectivity index (χ4n) is 1.63. The van der Waals surface area contributed by atoms with Crippen molar-refractivity contribution in [2.24, 2.45) is 0 Å². The van der Waals surface area contributed by atoms with Crippen LogP contribution in [0, 0.1) is 5.82 Å². The van der Waals surface area contributed by atoms with E-state index in [9.17, 15) is 4.39 Å². The monoisotopic (exact) mass is 247 g/mol. The van der Waals surface area contributed by atoms with E-state index in [1.165, 1.54) is 12.1 Å². The third-order valence-electron chi connectivity index (χ3n) is 2.57. The summed E-state index contributed by atoms with van der Waals surface area (Å²) >= 11 is 0. The zero-order chi connectivity index (χ0) is 13.0. The summed E-state index contributed by atoms with van der Waals surface area (Å²) in [7, 11) is 0. The molecule has 94 valence electrons. The normalized spacial score (nSPS) is 10.4. The van der Waals surface area contributed by atoms with Gasteiger partial charge in [0.2, 0.25) is 5.95 Å². The maximum atomic E-state index is 12.9. The molecule has 0 saturated heterocycles. The number of hydrogen-bond acceptors (Lipinski definition) is 4. The standard InChI is InChI=1S/C13H14FN3O/c1-2-17(12-5-3-11(14)4-6-12)13-15-7-10(9-18)8-16-13/h3-8,18H,2,9H2,1H3. The van der Waals surface area contributed by atoms with Crippen LogP contribution in [0.5, 0.6) is 0 Å². The average Bonchev–Trinajstić information content (AvgIpc) is 2.42. The molecule has 0 radical (unpaired) electrons. The second kappa shape index (κ2) is 5.55. The maximum absolute atomic E-state index is 12.9.